The Labute approximate surface area is 99.9 Å². The van der Waals surface area contributed by atoms with E-state index in [1.807, 2.05) is 19.1 Å². The Balaban J connectivity index is 2.49. The number of rotatable bonds is 4. The largest absolute Gasteiger partial charge is 0.491 e. The van der Waals surface area contributed by atoms with Gasteiger partial charge in [-0.3, -0.25) is 9.80 Å². The van der Waals surface area contributed by atoms with Gasteiger partial charge in [0.25, 0.3) is 0 Å². The molecule has 0 atom stereocenters. The van der Waals surface area contributed by atoms with Crippen LogP contribution >= 0.6 is 11.6 Å². The van der Waals surface area contributed by atoms with Crippen LogP contribution in [0.5, 0.6) is 5.75 Å². The van der Waals surface area contributed by atoms with Crippen LogP contribution in [0.3, 0.4) is 0 Å². The highest BCUT2D eigenvalue weighted by molar-refractivity contribution is 6.32. The summed E-state index contributed by atoms with van der Waals surface area (Å²) in [7, 11) is 1.50. The summed E-state index contributed by atoms with van der Waals surface area (Å²) in [5.41, 5.74) is 1.06. The van der Waals surface area contributed by atoms with E-state index in [1.165, 1.54) is 7.05 Å². The van der Waals surface area contributed by atoms with E-state index in [2.05, 4.69) is 0 Å². The van der Waals surface area contributed by atoms with E-state index < -0.39 is 0 Å². The monoisotopic (exact) mass is 242 g/mol. The lowest BCUT2D eigenvalue weighted by Gasteiger charge is -2.11. The summed E-state index contributed by atoms with van der Waals surface area (Å²) < 4.78 is 5.40. The minimum Gasteiger partial charge on any atom is -0.491 e. The number of halogens is 1. The maximum Gasteiger partial charge on any atom is 0.239 e. The fourth-order valence-electron chi connectivity index (χ4n) is 1.15. The van der Waals surface area contributed by atoms with Gasteiger partial charge in [-0.25, -0.2) is 5.84 Å². The quantitative estimate of drug-likeness (QED) is 0.497. The molecule has 5 heteroatoms. The van der Waals surface area contributed by atoms with E-state index in [1.54, 1.807) is 6.07 Å². The minimum atomic E-state index is -0.177. The first-order valence-electron chi connectivity index (χ1n) is 4.91. The van der Waals surface area contributed by atoms with Crippen LogP contribution < -0.4 is 10.6 Å². The van der Waals surface area contributed by atoms with Gasteiger partial charge in [0.05, 0.1) is 18.1 Å². The van der Waals surface area contributed by atoms with Gasteiger partial charge in [0.15, 0.2) is 0 Å². The third-order valence-electron chi connectivity index (χ3n) is 2.05. The maximum atomic E-state index is 11.2. The van der Waals surface area contributed by atoms with Crippen LogP contribution in [-0.2, 0) is 4.79 Å². The maximum absolute atomic E-state index is 11.2. The number of carbonyl (C=O) groups is 1. The van der Waals surface area contributed by atoms with Crippen molar-refractivity contribution in [3.05, 3.63) is 28.8 Å². The van der Waals surface area contributed by atoms with Crippen molar-refractivity contribution >= 4 is 17.5 Å². The molecular weight excluding hydrogens is 228 g/mol. The van der Waals surface area contributed by atoms with Gasteiger partial charge in [0.1, 0.15) is 5.75 Å². The molecule has 1 aromatic rings. The van der Waals surface area contributed by atoms with Gasteiger partial charge in [-0.1, -0.05) is 17.7 Å². The molecule has 0 saturated heterocycles. The zero-order valence-corrected chi connectivity index (χ0v) is 10.1. The SMILES string of the molecule is Cc1ccc(Cl)c(OCCC(=O)N(C)N)c1. The summed E-state index contributed by atoms with van der Waals surface area (Å²) >= 11 is 5.93. The van der Waals surface area contributed by atoms with E-state index in [4.69, 9.17) is 22.2 Å². The summed E-state index contributed by atoms with van der Waals surface area (Å²) in [5.74, 6) is 5.69. The minimum absolute atomic E-state index is 0.177. The molecule has 2 N–H and O–H groups in total. The van der Waals surface area contributed by atoms with Crippen molar-refractivity contribution in [2.75, 3.05) is 13.7 Å². The van der Waals surface area contributed by atoms with Crippen molar-refractivity contribution in [1.82, 2.24) is 5.01 Å². The highest BCUT2D eigenvalue weighted by Gasteiger charge is 2.06. The molecule has 0 aliphatic carbocycles. The zero-order valence-electron chi connectivity index (χ0n) is 9.37. The molecule has 0 aromatic heterocycles. The topological polar surface area (TPSA) is 55.6 Å². The van der Waals surface area contributed by atoms with Gasteiger partial charge in [-0.15, -0.1) is 0 Å². The van der Waals surface area contributed by atoms with E-state index in [0.717, 1.165) is 10.6 Å². The third kappa shape index (κ3) is 3.72. The van der Waals surface area contributed by atoms with E-state index in [-0.39, 0.29) is 18.9 Å². The van der Waals surface area contributed by atoms with Gasteiger partial charge in [-0.2, -0.15) is 0 Å². The number of benzene rings is 1. The molecule has 0 bridgehead atoms. The van der Waals surface area contributed by atoms with Gasteiger partial charge < -0.3 is 4.74 Å². The second kappa shape index (κ2) is 5.72. The Bertz CT molecular complexity index is 380. The molecular formula is C11H15ClN2O2. The summed E-state index contributed by atoms with van der Waals surface area (Å²) in [4.78, 5) is 11.2. The summed E-state index contributed by atoms with van der Waals surface area (Å²) in [6.45, 7) is 2.21. The number of nitrogens with zero attached hydrogens (tertiary/aromatic N) is 1. The van der Waals surface area contributed by atoms with Crippen molar-refractivity contribution in [2.45, 2.75) is 13.3 Å². The molecule has 0 aliphatic rings. The zero-order chi connectivity index (χ0) is 12.1. The second-order valence-electron chi connectivity index (χ2n) is 3.54. The lowest BCUT2D eigenvalue weighted by atomic mass is 10.2. The number of hydrogen-bond acceptors (Lipinski definition) is 3. The summed E-state index contributed by atoms with van der Waals surface area (Å²) in [5, 5.41) is 1.58. The number of hydrazine groups is 1. The lowest BCUT2D eigenvalue weighted by molar-refractivity contribution is -0.130. The van der Waals surface area contributed by atoms with Crippen molar-refractivity contribution in [2.24, 2.45) is 5.84 Å². The van der Waals surface area contributed by atoms with E-state index in [0.29, 0.717) is 10.8 Å². The first-order valence-corrected chi connectivity index (χ1v) is 5.28. The predicted molar refractivity (Wildman–Crippen MR) is 63.3 cm³/mol. The van der Waals surface area contributed by atoms with Crippen molar-refractivity contribution in [1.29, 1.82) is 0 Å². The van der Waals surface area contributed by atoms with Gasteiger partial charge in [0.2, 0.25) is 5.91 Å². The number of aryl methyl sites for hydroxylation is 1. The Morgan fingerprint density at radius 2 is 2.25 bits per heavy atom. The number of ether oxygens (including phenoxy) is 1. The Hall–Kier alpha value is -1.26. The Kier molecular flexibility index (Phi) is 4.58. The molecule has 0 aliphatic heterocycles. The van der Waals surface area contributed by atoms with Crippen LogP contribution in [0.25, 0.3) is 0 Å². The molecule has 0 unspecified atom stereocenters. The highest BCUT2D eigenvalue weighted by Crippen LogP contribution is 2.25. The molecule has 0 heterocycles. The normalized spacial score (nSPS) is 10.0. The fourth-order valence-corrected chi connectivity index (χ4v) is 1.32. The molecule has 0 radical (unpaired) electrons. The number of nitrogens with two attached hydrogens (primary N) is 1. The summed E-state index contributed by atoms with van der Waals surface area (Å²) in [6.07, 6.45) is 0.233. The first kappa shape index (κ1) is 12.8. The molecule has 0 spiro atoms. The Morgan fingerprint density at radius 1 is 1.56 bits per heavy atom. The number of hydrogen-bond donors (Lipinski definition) is 1. The van der Waals surface area contributed by atoms with Crippen molar-refractivity contribution < 1.29 is 9.53 Å². The summed E-state index contributed by atoms with van der Waals surface area (Å²) in [6, 6.07) is 5.50. The van der Waals surface area contributed by atoms with Crippen LogP contribution in [-0.4, -0.2) is 24.6 Å². The lowest BCUT2D eigenvalue weighted by Crippen LogP contribution is -2.33. The molecule has 0 fully saturated rings. The molecule has 4 nitrogen and oxygen atoms in total. The Morgan fingerprint density at radius 3 is 2.88 bits per heavy atom. The van der Waals surface area contributed by atoms with Crippen molar-refractivity contribution in [3.8, 4) is 5.75 Å². The van der Waals surface area contributed by atoms with Crippen LogP contribution in [0.4, 0.5) is 0 Å². The second-order valence-corrected chi connectivity index (χ2v) is 3.94. The van der Waals surface area contributed by atoms with Crippen LogP contribution in [0.2, 0.25) is 5.02 Å². The van der Waals surface area contributed by atoms with Gasteiger partial charge >= 0.3 is 0 Å². The number of amides is 1. The van der Waals surface area contributed by atoms with Crippen LogP contribution in [0.1, 0.15) is 12.0 Å². The van der Waals surface area contributed by atoms with Gasteiger partial charge in [-0.05, 0) is 24.6 Å². The van der Waals surface area contributed by atoms with Crippen LogP contribution in [0, 0.1) is 6.92 Å². The molecule has 16 heavy (non-hydrogen) atoms. The van der Waals surface area contributed by atoms with Gasteiger partial charge in [0, 0.05) is 7.05 Å². The molecule has 1 aromatic carbocycles. The predicted octanol–water partition coefficient (Wildman–Crippen LogP) is 1.75. The van der Waals surface area contributed by atoms with Crippen LogP contribution in [0.15, 0.2) is 18.2 Å². The fraction of sp³-hybridized carbons (Fsp3) is 0.364. The van der Waals surface area contributed by atoms with E-state index >= 15 is 0 Å². The molecule has 1 amide bonds. The highest BCUT2D eigenvalue weighted by atomic mass is 35.5. The first-order chi connectivity index (χ1) is 7.50. The third-order valence-corrected chi connectivity index (χ3v) is 2.37. The molecule has 88 valence electrons. The molecule has 0 saturated carbocycles. The molecule has 1 rings (SSSR count). The average Bonchev–Trinajstić information content (AvgIpc) is 2.22. The standard InChI is InChI=1S/C11H15ClN2O2/c1-8-3-4-9(12)10(7-8)16-6-5-11(15)14(2)13/h3-4,7H,5-6,13H2,1-2H3. The smallest absolute Gasteiger partial charge is 0.239 e. The van der Waals surface area contributed by atoms with Crippen molar-refractivity contribution in [3.63, 3.8) is 0 Å². The average molecular weight is 243 g/mol. The van der Waals surface area contributed by atoms with E-state index in [9.17, 15) is 4.79 Å². The number of carbonyl (C=O) groups excluding carboxylic acids is 1.